The van der Waals surface area contributed by atoms with Crippen molar-refractivity contribution in [2.75, 3.05) is 12.9 Å². The molecular formula is C15H19NO2S2. The molecule has 0 aliphatic heterocycles. The molecule has 0 aromatic carbocycles. The molecule has 0 saturated heterocycles. The molecule has 0 spiro atoms. The summed E-state index contributed by atoms with van der Waals surface area (Å²) in [5.74, 6) is 5.84. The van der Waals surface area contributed by atoms with Gasteiger partial charge in [0.25, 0.3) is 5.91 Å². The van der Waals surface area contributed by atoms with Gasteiger partial charge in [-0.25, -0.2) is 0 Å². The van der Waals surface area contributed by atoms with Crippen LogP contribution in [0.5, 0.6) is 0 Å². The molecule has 1 fully saturated rings. The number of hydrogen-bond donors (Lipinski definition) is 2. The summed E-state index contributed by atoms with van der Waals surface area (Å²) in [4.78, 5) is 13.8. The monoisotopic (exact) mass is 309 g/mol. The summed E-state index contributed by atoms with van der Waals surface area (Å²) in [5.41, 5.74) is 0. The lowest BCUT2D eigenvalue weighted by Gasteiger charge is -2.18. The fourth-order valence-electron chi connectivity index (χ4n) is 2.35. The molecule has 108 valence electrons. The SMILES string of the molecule is CSC1CCCC1NC(=O)c1ccc(C#CCCO)s1. The second-order valence-electron chi connectivity index (χ2n) is 4.72. The Kier molecular flexibility index (Phi) is 5.96. The number of rotatable bonds is 4. The third-order valence-corrected chi connectivity index (χ3v) is 5.52. The van der Waals surface area contributed by atoms with E-state index in [-0.39, 0.29) is 12.5 Å². The molecule has 2 N–H and O–H groups in total. The first-order valence-electron chi connectivity index (χ1n) is 6.78. The number of carbonyl (C=O) groups excluding carboxylic acids is 1. The Labute approximate surface area is 128 Å². The van der Waals surface area contributed by atoms with Crippen LogP contribution in [0, 0.1) is 11.8 Å². The first-order chi connectivity index (χ1) is 9.74. The van der Waals surface area contributed by atoms with Gasteiger partial charge in [-0.2, -0.15) is 11.8 Å². The highest BCUT2D eigenvalue weighted by molar-refractivity contribution is 7.99. The molecule has 1 heterocycles. The van der Waals surface area contributed by atoms with Crippen molar-refractivity contribution >= 4 is 29.0 Å². The van der Waals surface area contributed by atoms with Gasteiger partial charge >= 0.3 is 0 Å². The predicted molar refractivity (Wildman–Crippen MR) is 85.3 cm³/mol. The minimum absolute atomic E-state index is 0.0103. The molecule has 1 amide bonds. The number of aliphatic hydroxyl groups excluding tert-OH is 1. The summed E-state index contributed by atoms with van der Waals surface area (Å²) >= 11 is 3.25. The standard InChI is InChI=1S/C15H19NO2S2/c1-19-13-7-4-6-12(13)16-15(18)14-9-8-11(20-14)5-2-3-10-17/h8-9,12-13,17H,3-4,6-7,10H2,1H3,(H,16,18). The summed E-state index contributed by atoms with van der Waals surface area (Å²) in [6, 6.07) is 3.99. The molecule has 1 aromatic rings. The van der Waals surface area contributed by atoms with Gasteiger partial charge in [0.2, 0.25) is 0 Å². The zero-order chi connectivity index (χ0) is 14.4. The predicted octanol–water partition coefficient (Wildman–Crippen LogP) is 2.50. The normalized spacial score (nSPS) is 21.3. The van der Waals surface area contributed by atoms with Crippen LogP contribution in [0.15, 0.2) is 12.1 Å². The zero-order valence-corrected chi connectivity index (χ0v) is 13.1. The molecule has 1 aliphatic rings. The van der Waals surface area contributed by atoms with Crippen molar-refractivity contribution in [3.8, 4) is 11.8 Å². The number of nitrogens with one attached hydrogen (secondary N) is 1. The molecule has 2 rings (SSSR count). The molecule has 1 saturated carbocycles. The average molecular weight is 309 g/mol. The maximum Gasteiger partial charge on any atom is 0.261 e. The highest BCUT2D eigenvalue weighted by Crippen LogP contribution is 2.28. The zero-order valence-electron chi connectivity index (χ0n) is 11.5. The van der Waals surface area contributed by atoms with E-state index in [1.807, 2.05) is 23.9 Å². The van der Waals surface area contributed by atoms with Gasteiger partial charge in [0.05, 0.1) is 16.4 Å². The number of thioether (sulfide) groups is 1. The fourth-order valence-corrected chi connectivity index (χ4v) is 4.06. The molecule has 1 aliphatic carbocycles. The van der Waals surface area contributed by atoms with Crippen LogP contribution in [-0.4, -0.2) is 35.2 Å². The van der Waals surface area contributed by atoms with Crippen molar-refractivity contribution in [3.63, 3.8) is 0 Å². The Hall–Kier alpha value is -0.960. The first kappa shape index (κ1) is 15.4. The molecule has 0 radical (unpaired) electrons. The number of hydrogen-bond acceptors (Lipinski definition) is 4. The van der Waals surface area contributed by atoms with E-state index >= 15 is 0 Å². The van der Waals surface area contributed by atoms with Gasteiger partial charge in [-0.05, 0) is 31.2 Å². The van der Waals surface area contributed by atoms with Gasteiger partial charge in [-0.15, -0.1) is 11.3 Å². The van der Waals surface area contributed by atoms with Crippen molar-refractivity contribution in [2.24, 2.45) is 0 Å². The van der Waals surface area contributed by atoms with Gasteiger partial charge in [-0.3, -0.25) is 4.79 Å². The van der Waals surface area contributed by atoms with Crippen molar-refractivity contribution in [3.05, 3.63) is 21.9 Å². The number of thiophene rings is 1. The van der Waals surface area contributed by atoms with Crippen LogP contribution in [0.2, 0.25) is 0 Å². The summed E-state index contributed by atoms with van der Waals surface area (Å²) in [6.45, 7) is 0.0729. The van der Waals surface area contributed by atoms with Crippen LogP contribution in [0.4, 0.5) is 0 Å². The third kappa shape index (κ3) is 4.02. The van der Waals surface area contributed by atoms with Crippen molar-refractivity contribution in [1.29, 1.82) is 0 Å². The summed E-state index contributed by atoms with van der Waals surface area (Å²) in [7, 11) is 0. The minimum atomic E-state index is 0.0103. The lowest BCUT2D eigenvalue weighted by molar-refractivity contribution is 0.0943. The van der Waals surface area contributed by atoms with E-state index in [4.69, 9.17) is 5.11 Å². The minimum Gasteiger partial charge on any atom is -0.395 e. The Bertz CT molecular complexity index is 515. The van der Waals surface area contributed by atoms with Gasteiger partial charge < -0.3 is 10.4 Å². The Morgan fingerprint density at radius 1 is 1.55 bits per heavy atom. The van der Waals surface area contributed by atoms with E-state index in [1.54, 1.807) is 0 Å². The highest BCUT2D eigenvalue weighted by atomic mass is 32.2. The van der Waals surface area contributed by atoms with Crippen molar-refractivity contribution < 1.29 is 9.90 Å². The van der Waals surface area contributed by atoms with Crippen LogP contribution in [0.3, 0.4) is 0 Å². The van der Waals surface area contributed by atoms with Gasteiger partial charge in [0, 0.05) is 17.7 Å². The van der Waals surface area contributed by atoms with Gasteiger partial charge in [0.15, 0.2) is 0 Å². The van der Waals surface area contributed by atoms with Crippen LogP contribution in [0.1, 0.15) is 40.2 Å². The third-order valence-electron chi connectivity index (χ3n) is 3.35. The van der Waals surface area contributed by atoms with Crippen LogP contribution in [-0.2, 0) is 0 Å². The van der Waals surface area contributed by atoms with E-state index in [2.05, 4.69) is 23.4 Å². The molecule has 5 heteroatoms. The van der Waals surface area contributed by atoms with Gasteiger partial charge in [0.1, 0.15) is 0 Å². The Morgan fingerprint density at radius 3 is 3.15 bits per heavy atom. The Morgan fingerprint density at radius 2 is 2.40 bits per heavy atom. The van der Waals surface area contributed by atoms with Crippen LogP contribution < -0.4 is 5.32 Å². The fraction of sp³-hybridized carbons (Fsp3) is 0.533. The highest BCUT2D eigenvalue weighted by Gasteiger charge is 2.28. The summed E-state index contributed by atoms with van der Waals surface area (Å²) < 4.78 is 0. The number of aliphatic hydroxyl groups is 1. The molecular weight excluding hydrogens is 290 g/mol. The Balaban J connectivity index is 1.94. The maximum atomic E-state index is 12.2. The van der Waals surface area contributed by atoms with Crippen molar-refractivity contribution in [2.45, 2.75) is 37.0 Å². The smallest absolute Gasteiger partial charge is 0.261 e. The largest absolute Gasteiger partial charge is 0.395 e. The first-order valence-corrected chi connectivity index (χ1v) is 8.88. The quantitative estimate of drug-likeness (QED) is 0.840. The van der Waals surface area contributed by atoms with E-state index < -0.39 is 0 Å². The molecule has 20 heavy (non-hydrogen) atoms. The number of amides is 1. The van der Waals surface area contributed by atoms with Crippen LogP contribution in [0.25, 0.3) is 0 Å². The summed E-state index contributed by atoms with van der Waals surface area (Å²) in [5, 5.41) is 12.4. The molecule has 2 atom stereocenters. The lowest BCUT2D eigenvalue weighted by atomic mass is 10.2. The van der Waals surface area contributed by atoms with Crippen LogP contribution >= 0.6 is 23.1 Å². The summed E-state index contributed by atoms with van der Waals surface area (Å²) in [6.07, 6.45) is 6.03. The molecule has 2 unspecified atom stereocenters. The van der Waals surface area contributed by atoms with E-state index in [0.29, 0.717) is 22.6 Å². The second kappa shape index (κ2) is 7.72. The van der Waals surface area contributed by atoms with Crippen molar-refractivity contribution in [1.82, 2.24) is 5.32 Å². The molecule has 1 aromatic heterocycles. The van der Waals surface area contributed by atoms with Gasteiger partial charge in [-0.1, -0.05) is 18.3 Å². The molecule has 3 nitrogen and oxygen atoms in total. The average Bonchev–Trinajstić information content (AvgIpc) is 3.08. The molecule has 0 bridgehead atoms. The van der Waals surface area contributed by atoms with E-state index in [1.165, 1.54) is 24.2 Å². The lowest BCUT2D eigenvalue weighted by Crippen LogP contribution is -2.38. The second-order valence-corrected chi connectivity index (χ2v) is 6.88. The maximum absolute atomic E-state index is 12.2. The van der Waals surface area contributed by atoms with E-state index in [9.17, 15) is 4.79 Å². The number of carbonyl (C=O) groups is 1. The van der Waals surface area contributed by atoms with E-state index in [0.717, 1.165) is 11.3 Å². The topological polar surface area (TPSA) is 49.3 Å².